The van der Waals surface area contributed by atoms with Crippen molar-refractivity contribution in [2.24, 2.45) is 11.8 Å². The van der Waals surface area contributed by atoms with Crippen LogP contribution in [0, 0.1) is 11.8 Å². The van der Waals surface area contributed by atoms with Crippen molar-refractivity contribution in [1.82, 2.24) is 10.6 Å². The molecule has 0 saturated carbocycles. The summed E-state index contributed by atoms with van der Waals surface area (Å²) >= 11 is 0. The number of nitrogens with one attached hydrogen (secondary N) is 2. The second-order valence-electron chi connectivity index (χ2n) is 4.14. The average Bonchev–Trinajstić information content (AvgIpc) is 2.01. The van der Waals surface area contributed by atoms with Crippen molar-refractivity contribution in [3.05, 3.63) is 12.7 Å². The third kappa shape index (κ3) is 2.84. The van der Waals surface area contributed by atoms with Crippen LogP contribution in [-0.2, 0) is 4.79 Å². The van der Waals surface area contributed by atoms with E-state index in [0.29, 0.717) is 5.92 Å². The van der Waals surface area contributed by atoms with Gasteiger partial charge in [0.25, 0.3) is 0 Å². The largest absolute Gasteiger partial charge is 0.353 e. The Hall–Kier alpha value is -0.830. The molecule has 1 aliphatic rings. The summed E-state index contributed by atoms with van der Waals surface area (Å²) in [5.41, 5.74) is 0. The summed E-state index contributed by atoms with van der Waals surface area (Å²) in [7, 11) is 0. The van der Waals surface area contributed by atoms with E-state index in [1.807, 2.05) is 19.9 Å². The first-order chi connectivity index (χ1) is 6.65. The molecule has 0 aromatic heterocycles. The van der Waals surface area contributed by atoms with Crippen LogP contribution in [0.5, 0.6) is 0 Å². The lowest BCUT2D eigenvalue weighted by molar-refractivity contribution is -0.127. The molecule has 0 aliphatic carbocycles. The fourth-order valence-electron chi connectivity index (χ4n) is 1.56. The highest BCUT2D eigenvalue weighted by Crippen LogP contribution is 2.16. The first-order valence-corrected chi connectivity index (χ1v) is 5.27. The molecule has 3 nitrogen and oxygen atoms in total. The summed E-state index contributed by atoms with van der Waals surface area (Å²) in [4.78, 5) is 11.7. The van der Waals surface area contributed by atoms with Gasteiger partial charge in [0.15, 0.2) is 0 Å². The lowest BCUT2D eigenvalue weighted by Crippen LogP contribution is -2.50. The summed E-state index contributed by atoms with van der Waals surface area (Å²) in [6.45, 7) is 9.61. The fourth-order valence-corrected chi connectivity index (χ4v) is 1.56. The molecule has 0 aromatic rings. The molecule has 0 spiro atoms. The Morgan fingerprint density at radius 1 is 1.64 bits per heavy atom. The van der Waals surface area contributed by atoms with Gasteiger partial charge in [0, 0.05) is 12.0 Å². The molecule has 1 saturated heterocycles. The lowest BCUT2D eigenvalue weighted by atomic mass is 9.88. The Morgan fingerprint density at radius 2 is 2.29 bits per heavy atom. The topological polar surface area (TPSA) is 41.1 Å². The van der Waals surface area contributed by atoms with E-state index < -0.39 is 0 Å². The molecule has 3 heteroatoms. The molecular formula is C11H20N2O. The minimum atomic E-state index is 0.128. The fraction of sp³-hybridized carbons (Fsp3) is 0.727. The number of rotatable bonds is 5. The van der Waals surface area contributed by atoms with Gasteiger partial charge in [0.1, 0.15) is 0 Å². The van der Waals surface area contributed by atoms with Gasteiger partial charge in [-0.1, -0.05) is 13.0 Å². The average molecular weight is 196 g/mol. The maximum atomic E-state index is 11.7. The maximum absolute atomic E-state index is 11.7. The highest BCUT2D eigenvalue weighted by Gasteiger charge is 2.28. The first-order valence-electron chi connectivity index (χ1n) is 5.27. The predicted molar refractivity (Wildman–Crippen MR) is 57.9 cm³/mol. The highest BCUT2D eigenvalue weighted by molar-refractivity contribution is 5.79. The van der Waals surface area contributed by atoms with Gasteiger partial charge in [0.2, 0.25) is 5.91 Å². The molecule has 1 heterocycles. The van der Waals surface area contributed by atoms with E-state index >= 15 is 0 Å². The van der Waals surface area contributed by atoms with Gasteiger partial charge >= 0.3 is 0 Å². The van der Waals surface area contributed by atoms with E-state index in [-0.39, 0.29) is 17.9 Å². The Kier molecular flexibility index (Phi) is 4.14. The van der Waals surface area contributed by atoms with Gasteiger partial charge in [-0.05, 0) is 32.4 Å². The van der Waals surface area contributed by atoms with Crippen LogP contribution in [-0.4, -0.2) is 25.0 Å². The van der Waals surface area contributed by atoms with Crippen molar-refractivity contribution >= 4 is 5.91 Å². The molecule has 0 radical (unpaired) electrons. The molecule has 0 aromatic carbocycles. The van der Waals surface area contributed by atoms with Crippen LogP contribution in [0.25, 0.3) is 0 Å². The van der Waals surface area contributed by atoms with Crippen molar-refractivity contribution in [3.8, 4) is 0 Å². The van der Waals surface area contributed by atoms with Crippen molar-refractivity contribution in [1.29, 1.82) is 0 Å². The second-order valence-corrected chi connectivity index (χ2v) is 4.14. The summed E-state index contributed by atoms with van der Waals surface area (Å²) in [6, 6.07) is 0.204. The predicted octanol–water partition coefficient (Wildman–Crippen LogP) is 0.923. The lowest BCUT2D eigenvalue weighted by Gasteiger charge is -2.32. The van der Waals surface area contributed by atoms with Crippen molar-refractivity contribution in [3.63, 3.8) is 0 Å². The normalized spacial score (nSPS) is 20.7. The SMILES string of the molecule is C=CCC(C)NC(=O)C(C)C1CNC1. The molecule has 1 amide bonds. The van der Waals surface area contributed by atoms with Crippen LogP contribution in [0.4, 0.5) is 0 Å². The zero-order valence-corrected chi connectivity index (χ0v) is 9.05. The van der Waals surface area contributed by atoms with E-state index in [9.17, 15) is 4.79 Å². The Morgan fingerprint density at radius 3 is 2.71 bits per heavy atom. The van der Waals surface area contributed by atoms with Gasteiger partial charge in [-0.2, -0.15) is 0 Å². The Labute approximate surface area is 86.0 Å². The summed E-state index contributed by atoms with van der Waals surface area (Å²) in [6.07, 6.45) is 2.67. The monoisotopic (exact) mass is 196 g/mol. The van der Waals surface area contributed by atoms with E-state index in [0.717, 1.165) is 19.5 Å². The molecule has 1 aliphatic heterocycles. The zero-order chi connectivity index (χ0) is 10.6. The third-order valence-corrected chi connectivity index (χ3v) is 2.84. The quantitative estimate of drug-likeness (QED) is 0.642. The molecule has 0 bridgehead atoms. The summed E-state index contributed by atoms with van der Waals surface area (Å²) < 4.78 is 0. The highest BCUT2D eigenvalue weighted by atomic mass is 16.1. The van der Waals surface area contributed by atoms with Gasteiger partial charge < -0.3 is 10.6 Å². The Balaban J connectivity index is 2.28. The number of hydrogen-bond acceptors (Lipinski definition) is 2. The second kappa shape index (κ2) is 5.15. The molecule has 2 unspecified atom stereocenters. The van der Waals surface area contributed by atoms with Gasteiger partial charge in [-0.25, -0.2) is 0 Å². The number of carbonyl (C=O) groups is 1. The summed E-state index contributed by atoms with van der Waals surface area (Å²) in [5, 5.41) is 6.17. The summed E-state index contributed by atoms with van der Waals surface area (Å²) in [5.74, 6) is 0.820. The van der Waals surface area contributed by atoms with Crippen molar-refractivity contribution in [2.75, 3.05) is 13.1 Å². The first kappa shape index (κ1) is 11.2. The van der Waals surface area contributed by atoms with E-state index in [4.69, 9.17) is 0 Å². The van der Waals surface area contributed by atoms with Gasteiger partial charge in [0.05, 0.1) is 0 Å². The standard InChI is InChI=1S/C11H20N2O/c1-4-5-8(2)13-11(14)9(3)10-6-12-7-10/h4,8-10,12H,1,5-7H2,2-3H3,(H,13,14). The molecule has 1 fully saturated rings. The molecule has 2 N–H and O–H groups in total. The minimum absolute atomic E-state index is 0.128. The van der Waals surface area contributed by atoms with E-state index in [1.54, 1.807) is 0 Å². The molecule has 2 atom stereocenters. The molecular weight excluding hydrogens is 176 g/mol. The van der Waals surface area contributed by atoms with Crippen molar-refractivity contribution in [2.45, 2.75) is 26.3 Å². The van der Waals surface area contributed by atoms with Gasteiger partial charge in [-0.15, -0.1) is 6.58 Å². The van der Waals surface area contributed by atoms with Crippen LogP contribution in [0.3, 0.4) is 0 Å². The van der Waals surface area contributed by atoms with Crippen LogP contribution in [0.2, 0.25) is 0 Å². The third-order valence-electron chi connectivity index (χ3n) is 2.84. The van der Waals surface area contributed by atoms with Crippen LogP contribution in [0.15, 0.2) is 12.7 Å². The van der Waals surface area contributed by atoms with Crippen LogP contribution >= 0.6 is 0 Å². The number of carbonyl (C=O) groups excluding carboxylic acids is 1. The van der Waals surface area contributed by atoms with Crippen LogP contribution < -0.4 is 10.6 Å². The van der Waals surface area contributed by atoms with Crippen LogP contribution in [0.1, 0.15) is 20.3 Å². The molecule has 1 rings (SSSR count). The smallest absolute Gasteiger partial charge is 0.223 e. The maximum Gasteiger partial charge on any atom is 0.223 e. The Bertz CT molecular complexity index is 211. The van der Waals surface area contributed by atoms with Gasteiger partial charge in [-0.3, -0.25) is 4.79 Å². The zero-order valence-electron chi connectivity index (χ0n) is 9.05. The van der Waals surface area contributed by atoms with Crippen molar-refractivity contribution < 1.29 is 4.79 Å². The van der Waals surface area contributed by atoms with E-state index in [1.165, 1.54) is 0 Å². The molecule has 14 heavy (non-hydrogen) atoms. The minimum Gasteiger partial charge on any atom is -0.353 e. The van der Waals surface area contributed by atoms with E-state index in [2.05, 4.69) is 17.2 Å². The number of hydrogen-bond donors (Lipinski definition) is 2. The number of amides is 1. The molecule has 80 valence electrons.